The highest BCUT2D eigenvalue weighted by Crippen LogP contribution is 2.28. The Morgan fingerprint density at radius 3 is 2.62 bits per heavy atom. The first kappa shape index (κ1) is 22.1. The van der Waals surface area contributed by atoms with Crippen LogP contribution in [0.15, 0.2) is 42.4 Å². The van der Waals surface area contributed by atoms with Gasteiger partial charge in [0.2, 0.25) is 5.91 Å². The number of nitrogens with one attached hydrogen (secondary N) is 2. The van der Waals surface area contributed by atoms with Crippen LogP contribution in [0.1, 0.15) is 55.6 Å². The van der Waals surface area contributed by atoms with E-state index in [1.54, 1.807) is 11.9 Å². The van der Waals surface area contributed by atoms with Gasteiger partial charge >= 0.3 is 0 Å². The van der Waals surface area contributed by atoms with Crippen LogP contribution in [-0.4, -0.2) is 50.7 Å². The summed E-state index contributed by atoms with van der Waals surface area (Å²) in [5.74, 6) is 1.26. The highest BCUT2D eigenvalue weighted by atomic mass is 16.2. The lowest BCUT2D eigenvalue weighted by molar-refractivity contribution is -0.125. The molecule has 0 bridgehead atoms. The molecule has 8 heteroatoms. The second-order valence-corrected chi connectivity index (χ2v) is 9.54. The average Bonchev–Trinajstić information content (AvgIpc) is 3.45. The normalized spacial score (nSPS) is 17.2. The van der Waals surface area contributed by atoms with Gasteiger partial charge in [-0.1, -0.05) is 26.0 Å². The van der Waals surface area contributed by atoms with Gasteiger partial charge in [-0.25, -0.2) is 9.97 Å². The van der Waals surface area contributed by atoms with Crippen molar-refractivity contribution in [3.8, 4) is 11.3 Å². The monoisotopic (exact) mass is 458 g/mol. The smallest absolute Gasteiger partial charge is 0.251 e. The van der Waals surface area contributed by atoms with Crippen molar-refractivity contribution in [3.05, 3.63) is 53.6 Å². The molecule has 2 aromatic heterocycles. The molecule has 176 valence electrons. The third kappa shape index (κ3) is 4.53. The van der Waals surface area contributed by atoms with E-state index >= 15 is 0 Å². The van der Waals surface area contributed by atoms with Crippen LogP contribution in [0.2, 0.25) is 0 Å². The number of likely N-dealkylation sites (tertiary alicyclic amines) is 1. The van der Waals surface area contributed by atoms with Crippen molar-refractivity contribution in [2.75, 3.05) is 18.9 Å². The number of hydrogen-bond acceptors (Lipinski definition) is 5. The van der Waals surface area contributed by atoms with Gasteiger partial charge in [-0.2, -0.15) is 0 Å². The summed E-state index contributed by atoms with van der Waals surface area (Å²) in [6, 6.07) is 7.95. The molecule has 2 N–H and O–H groups in total. The van der Waals surface area contributed by atoms with Gasteiger partial charge in [-0.3, -0.25) is 14.0 Å². The topological polar surface area (TPSA) is 91.6 Å². The van der Waals surface area contributed by atoms with Crippen molar-refractivity contribution >= 4 is 29.4 Å². The van der Waals surface area contributed by atoms with E-state index in [4.69, 9.17) is 4.98 Å². The number of imidazole rings is 1. The maximum Gasteiger partial charge on any atom is 0.251 e. The van der Waals surface area contributed by atoms with E-state index in [0.717, 1.165) is 47.7 Å². The Balaban J connectivity index is 1.52. The molecule has 0 radical (unpaired) electrons. The number of allylic oxidation sites excluding steroid dienone is 1. The van der Waals surface area contributed by atoms with Gasteiger partial charge in [-0.15, -0.1) is 0 Å². The quantitative estimate of drug-likeness (QED) is 0.559. The van der Waals surface area contributed by atoms with Crippen LogP contribution in [0, 0.1) is 5.92 Å². The first-order valence-corrected chi connectivity index (χ1v) is 11.9. The predicted octanol–water partition coefficient (Wildman–Crippen LogP) is 3.95. The number of fused-ring (bicyclic) bond motifs is 1. The highest BCUT2D eigenvalue weighted by Gasteiger charge is 2.24. The van der Waals surface area contributed by atoms with Gasteiger partial charge in [0.25, 0.3) is 5.91 Å². The third-order valence-corrected chi connectivity index (χ3v) is 6.26. The Labute approximate surface area is 199 Å². The molecule has 0 spiro atoms. The molecule has 1 aliphatic carbocycles. The van der Waals surface area contributed by atoms with E-state index in [2.05, 4.69) is 29.5 Å². The average molecular weight is 459 g/mol. The summed E-state index contributed by atoms with van der Waals surface area (Å²) in [6.45, 7) is 5.06. The lowest BCUT2D eigenvalue weighted by atomic mass is 10.1. The number of amides is 2. The van der Waals surface area contributed by atoms with Crippen LogP contribution >= 0.6 is 0 Å². The lowest BCUT2D eigenvalue weighted by Crippen LogP contribution is -2.25. The molecule has 1 aliphatic heterocycles. The fourth-order valence-corrected chi connectivity index (χ4v) is 4.07. The first-order valence-electron chi connectivity index (χ1n) is 11.9. The number of nitrogens with zero attached hydrogens (tertiary/aromatic N) is 4. The van der Waals surface area contributed by atoms with E-state index in [-0.39, 0.29) is 11.8 Å². The second kappa shape index (κ2) is 8.93. The zero-order chi connectivity index (χ0) is 23.8. The van der Waals surface area contributed by atoms with Crippen molar-refractivity contribution in [2.45, 2.75) is 45.6 Å². The summed E-state index contributed by atoms with van der Waals surface area (Å²) in [7, 11) is 1.81. The summed E-state index contributed by atoms with van der Waals surface area (Å²) >= 11 is 0. The molecule has 0 atom stereocenters. The molecular formula is C26H30N6O2. The fraction of sp³-hybridized carbons (Fsp3) is 0.385. The van der Waals surface area contributed by atoms with E-state index in [9.17, 15) is 9.59 Å². The number of carbonyl (C=O) groups is 2. The minimum absolute atomic E-state index is 0.0271. The molecule has 2 amide bonds. The standard InChI is InChI=1S/C26H30N6O2/c1-16(2)13-27-24-25-28-14-22(17-4-6-18(7-5-17)26(34)30-19-8-9-19)32(25)15-20(29-24)12-21-10-11-23(33)31(21)3/h4-7,12,14-16,19H,8-11,13H2,1-3H3,(H,27,29)(H,30,34)/b21-12-. The number of hydrogen-bond donors (Lipinski definition) is 2. The fourth-order valence-electron chi connectivity index (χ4n) is 4.07. The SMILES string of the molecule is CC(C)CNc1nc(/C=C2/CCC(=O)N2C)cn2c(-c3ccc(C(=O)NC4CC4)cc3)cnc12. The maximum absolute atomic E-state index is 12.4. The number of anilines is 1. The molecule has 0 unspecified atom stereocenters. The highest BCUT2D eigenvalue weighted by molar-refractivity contribution is 5.95. The Morgan fingerprint density at radius 2 is 1.97 bits per heavy atom. The molecular weight excluding hydrogens is 428 g/mol. The minimum atomic E-state index is -0.0271. The zero-order valence-corrected chi connectivity index (χ0v) is 19.8. The molecule has 3 heterocycles. The summed E-state index contributed by atoms with van der Waals surface area (Å²) < 4.78 is 2.03. The molecule has 5 rings (SSSR count). The first-order chi connectivity index (χ1) is 16.4. The van der Waals surface area contributed by atoms with Gasteiger partial charge in [0.1, 0.15) is 0 Å². The van der Waals surface area contributed by atoms with Crippen molar-refractivity contribution < 1.29 is 9.59 Å². The summed E-state index contributed by atoms with van der Waals surface area (Å²) in [5, 5.41) is 6.45. The van der Waals surface area contributed by atoms with Crippen molar-refractivity contribution in [1.82, 2.24) is 24.6 Å². The van der Waals surface area contributed by atoms with Crippen molar-refractivity contribution in [2.24, 2.45) is 5.92 Å². The zero-order valence-electron chi connectivity index (χ0n) is 19.8. The summed E-state index contributed by atoms with van der Waals surface area (Å²) in [5.41, 5.74) is 4.99. The van der Waals surface area contributed by atoms with E-state index in [0.29, 0.717) is 36.2 Å². The number of aromatic nitrogens is 3. The van der Waals surface area contributed by atoms with Gasteiger partial charge < -0.3 is 15.5 Å². The van der Waals surface area contributed by atoms with Crippen molar-refractivity contribution in [3.63, 3.8) is 0 Å². The molecule has 1 aromatic carbocycles. The Kier molecular flexibility index (Phi) is 5.81. The maximum atomic E-state index is 12.4. The Bertz CT molecular complexity index is 1270. The Hall–Kier alpha value is -3.68. The predicted molar refractivity (Wildman–Crippen MR) is 132 cm³/mol. The van der Waals surface area contributed by atoms with E-state index in [1.165, 1.54) is 0 Å². The molecule has 2 aliphatic rings. The van der Waals surface area contributed by atoms with Crippen LogP contribution in [0.25, 0.3) is 23.0 Å². The summed E-state index contributed by atoms with van der Waals surface area (Å²) in [4.78, 5) is 35.5. The van der Waals surface area contributed by atoms with E-state index < -0.39 is 0 Å². The van der Waals surface area contributed by atoms with Gasteiger partial charge in [0.15, 0.2) is 11.5 Å². The largest absolute Gasteiger partial charge is 0.367 e. The minimum Gasteiger partial charge on any atom is -0.367 e. The van der Waals surface area contributed by atoms with Crippen LogP contribution in [0.4, 0.5) is 5.82 Å². The molecule has 8 nitrogen and oxygen atoms in total. The molecule has 3 aromatic rings. The van der Waals surface area contributed by atoms with E-state index in [1.807, 2.05) is 47.1 Å². The van der Waals surface area contributed by atoms with Gasteiger partial charge in [-0.05, 0) is 43.4 Å². The van der Waals surface area contributed by atoms with Crippen LogP contribution in [0.5, 0.6) is 0 Å². The molecule has 2 fully saturated rings. The van der Waals surface area contributed by atoms with Crippen LogP contribution in [-0.2, 0) is 4.79 Å². The van der Waals surface area contributed by atoms with Crippen LogP contribution < -0.4 is 10.6 Å². The number of carbonyl (C=O) groups excluding carboxylic acids is 2. The lowest BCUT2D eigenvalue weighted by Gasteiger charge is -2.13. The van der Waals surface area contributed by atoms with Gasteiger partial charge in [0.05, 0.1) is 17.6 Å². The molecule has 34 heavy (non-hydrogen) atoms. The second-order valence-electron chi connectivity index (χ2n) is 9.54. The van der Waals surface area contributed by atoms with Crippen molar-refractivity contribution in [1.29, 1.82) is 0 Å². The van der Waals surface area contributed by atoms with Crippen LogP contribution in [0.3, 0.4) is 0 Å². The third-order valence-electron chi connectivity index (χ3n) is 6.26. The molecule has 1 saturated heterocycles. The van der Waals surface area contributed by atoms with Gasteiger partial charge in [0, 0.05) is 49.1 Å². The Morgan fingerprint density at radius 1 is 1.21 bits per heavy atom. The number of benzene rings is 1. The summed E-state index contributed by atoms with van der Waals surface area (Å²) in [6.07, 6.45) is 9.13. The molecule has 1 saturated carbocycles. The number of rotatable bonds is 7.